The van der Waals surface area contributed by atoms with Crippen LogP contribution >= 0.6 is 0 Å². The molecule has 1 aliphatic carbocycles. The van der Waals surface area contributed by atoms with Crippen LogP contribution in [0.3, 0.4) is 0 Å². The highest BCUT2D eigenvalue weighted by molar-refractivity contribution is 6.05. The van der Waals surface area contributed by atoms with Crippen molar-refractivity contribution in [3.8, 4) is 0 Å². The van der Waals surface area contributed by atoms with Gasteiger partial charge in [-0.2, -0.15) is 0 Å². The Morgan fingerprint density at radius 1 is 0.952 bits per heavy atom. The fourth-order valence-electron chi connectivity index (χ4n) is 3.12. The number of carbonyl (C=O) groups is 1. The van der Waals surface area contributed by atoms with Gasteiger partial charge in [-0.1, -0.05) is 43.2 Å². The third kappa shape index (κ3) is 2.99. The number of benzene rings is 2. The van der Waals surface area contributed by atoms with E-state index in [1.54, 1.807) is 4.90 Å². The number of anilines is 1. The van der Waals surface area contributed by atoms with Gasteiger partial charge in [-0.3, -0.25) is 4.79 Å². The first-order valence-electron chi connectivity index (χ1n) is 7.69. The molecule has 0 saturated heterocycles. The fraction of sp³-hybridized carbons (Fsp3) is 0.316. The molecule has 2 aromatic carbocycles. The van der Waals surface area contributed by atoms with Crippen molar-refractivity contribution in [3.05, 3.63) is 65.7 Å². The molecule has 0 atom stereocenters. The van der Waals surface area contributed by atoms with E-state index in [-0.39, 0.29) is 5.91 Å². The monoisotopic (exact) mass is 279 g/mol. The smallest absolute Gasteiger partial charge is 0.258 e. The quantitative estimate of drug-likeness (QED) is 0.802. The molecule has 1 aliphatic rings. The summed E-state index contributed by atoms with van der Waals surface area (Å²) in [7, 11) is 1.82. The minimum atomic E-state index is 0.0409. The Balaban J connectivity index is 1.75. The van der Waals surface area contributed by atoms with E-state index >= 15 is 0 Å². The summed E-state index contributed by atoms with van der Waals surface area (Å²) in [6.45, 7) is 0. The third-order valence-corrected chi connectivity index (χ3v) is 4.43. The molecule has 0 unspecified atom stereocenters. The zero-order chi connectivity index (χ0) is 14.7. The molecule has 3 rings (SSSR count). The van der Waals surface area contributed by atoms with E-state index in [0.29, 0.717) is 5.92 Å². The van der Waals surface area contributed by atoms with Crippen LogP contribution in [0.4, 0.5) is 5.69 Å². The molecule has 2 nitrogen and oxygen atoms in total. The first-order chi connectivity index (χ1) is 10.3. The molecule has 0 radical (unpaired) electrons. The highest BCUT2D eigenvalue weighted by atomic mass is 16.2. The number of nitrogens with zero attached hydrogens (tertiary/aromatic N) is 1. The van der Waals surface area contributed by atoms with Crippen LogP contribution in [-0.4, -0.2) is 13.0 Å². The summed E-state index contributed by atoms with van der Waals surface area (Å²) in [6, 6.07) is 17.9. The van der Waals surface area contributed by atoms with E-state index in [0.717, 1.165) is 11.3 Å². The van der Waals surface area contributed by atoms with Crippen molar-refractivity contribution in [1.82, 2.24) is 0 Å². The molecule has 1 amide bonds. The van der Waals surface area contributed by atoms with Crippen molar-refractivity contribution in [2.45, 2.75) is 31.6 Å². The number of amides is 1. The molecular formula is C19H21NO. The molecule has 1 saturated carbocycles. The highest BCUT2D eigenvalue weighted by Gasteiger charge is 2.18. The van der Waals surface area contributed by atoms with E-state index in [1.165, 1.54) is 31.2 Å². The summed E-state index contributed by atoms with van der Waals surface area (Å²) in [5, 5.41) is 0. The third-order valence-electron chi connectivity index (χ3n) is 4.43. The number of rotatable bonds is 3. The number of hydrogen-bond acceptors (Lipinski definition) is 1. The maximum atomic E-state index is 12.5. The van der Waals surface area contributed by atoms with Crippen LogP contribution < -0.4 is 4.90 Å². The largest absolute Gasteiger partial charge is 0.311 e. The number of para-hydroxylation sites is 1. The molecule has 2 heteroatoms. The lowest BCUT2D eigenvalue weighted by molar-refractivity contribution is 0.0993. The van der Waals surface area contributed by atoms with Gasteiger partial charge in [0.25, 0.3) is 5.91 Å². The van der Waals surface area contributed by atoms with Gasteiger partial charge in [0, 0.05) is 18.3 Å². The average Bonchev–Trinajstić information content (AvgIpc) is 3.09. The highest BCUT2D eigenvalue weighted by Crippen LogP contribution is 2.34. The van der Waals surface area contributed by atoms with Gasteiger partial charge < -0.3 is 4.90 Å². The molecule has 0 aromatic heterocycles. The summed E-state index contributed by atoms with van der Waals surface area (Å²) >= 11 is 0. The molecule has 0 spiro atoms. The molecule has 0 bridgehead atoms. The van der Waals surface area contributed by atoms with Crippen LogP contribution in [0.15, 0.2) is 54.6 Å². The predicted octanol–water partition coefficient (Wildman–Crippen LogP) is 4.62. The van der Waals surface area contributed by atoms with Gasteiger partial charge in [0.1, 0.15) is 0 Å². The summed E-state index contributed by atoms with van der Waals surface area (Å²) in [4.78, 5) is 14.2. The van der Waals surface area contributed by atoms with Crippen LogP contribution in [0.2, 0.25) is 0 Å². The second-order valence-corrected chi connectivity index (χ2v) is 5.80. The molecule has 1 fully saturated rings. The van der Waals surface area contributed by atoms with Crippen molar-refractivity contribution in [1.29, 1.82) is 0 Å². The van der Waals surface area contributed by atoms with Crippen molar-refractivity contribution in [3.63, 3.8) is 0 Å². The van der Waals surface area contributed by atoms with Crippen molar-refractivity contribution >= 4 is 11.6 Å². The molecule has 108 valence electrons. The van der Waals surface area contributed by atoms with Gasteiger partial charge in [-0.15, -0.1) is 0 Å². The van der Waals surface area contributed by atoms with Gasteiger partial charge >= 0.3 is 0 Å². The van der Waals surface area contributed by atoms with E-state index in [4.69, 9.17) is 0 Å². The summed E-state index contributed by atoms with van der Waals surface area (Å²) in [5.74, 6) is 0.736. The molecular weight excluding hydrogens is 258 g/mol. The summed E-state index contributed by atoms with van der Waals surface area (Å²) in [5.41, 5.74) is 3.05. The maximum absolute atomic E-state index is 12.5. The second-order valence-electron chi connectivity index (χ2n) is 5.80. The minimum Gasteiger partial charge on any atom is -0.311 e. The van der Waals surface area contributed by atoms with E-state index in [2.05, 4.69) is 12.1 Å². The lowest BCUT2D eigenvalue weighted by Gasteiger charge is -2.18. The topological polar surface area (TPSA) is 20.3 Å². The Morgan fingerprint density at radius 2 is 1.57 bits per heavy atom. The zero-order valence-electron chi connectivity index (χ0n) is 12.5. The van der Waals surface area contributed by atoms with Gasteiger partial charge in [0.05, 0.1) is 0 Å². The Kier molecular flexibility index (Phi) is 4.05. The van der Waals surface area contributed by atoms with E-state index in [9.17, 15) is 4.79 Å². The zero-order valence-corrected chi connectivity index (χ0v) is 12.5. The fourth-order valence-corrected chi connectivity index (χ4v) is 3.12. The number of hydrogen-bond donors (Lipinski definition) is 0. The Hall–Kier alpha value is -2.09. The van der Waals surface area contributed by atoms with Crippen molar-refractivity contribution in [2.24, 2.45) is 0 Å². The van der Waals surface area contributed by atoms with Crippen molar-refractivity contribution < 1.29 is 4.79 Å². The van der Waals surface area contributed by atoms with Crippen LogP contribution in [0, 0.1) is 0 Å². The normalized spacial score (nSPS) is 15.1. The molecule has 2 aromatic rings. The second kappa shape index (κ2) is 6.13. The van der Waals surface area contributed by atoms with Gasteiger partial charge in [-0.05, 0) is 48.6 Å². The van der Waals surface area contributed by atoms with Gasteiger partial charge in [0.15, 0.2) is 0 Å². The summed E-state index contributed by atoms with van der Waals surface area (Å²) in [6.07, 6.45) is 5.25. The maximum Gasteiger partial charge on any atom is 0.258 e. The van der Waals surface area contributed by atoms with Crippen LogP contribution in [-0.2, 0) is 0 Å². The SMILES string of the molecule is CN(C(=O)c1ccc(C2CCCC2)cc1)c1ccccc1. The minimum absolute atomic E-state index is 0.0409. The van der Waals surface area contributed by atoms with Crippen LogP contribution in [0.1, 0.15) is 47.5 Å². The summed E-state index contributed by atoms with van der Waals surface area (Å²) < 4.78 is 0. The lowest BCUT2D eigenvalue weighted by atomic mass is 9.96. The Morgan fingerprint density at radius 3 is 2.19 bits per heavy atom. The van der Waals surface area contributed by atoms with Crippen molar-refractivity contribution in [2.75, 3.05) is 11.9 Å². The molecule has 0 heterocycles. The number of carbonyl (C=O) groups excluding carboxylic acids is 1. The average molecular weight is 279 g/mol. The Labute approximate surface area is 126 Å². The van der Waals surface area contributed by atoms with Gasteiger partial charge in [-0.25, -0.2) is 0 Å². The predicted molar refractivity (Wildman–Crippen MR) is 86.8 cm³/mol. The molecule has 21 heavy (non-hydrogen) atoms. The van der Waals surface area contributed by atoms with Crippen LogP contribution in [0.5, 0.6) is 0 Å². The molecule has 0 aliphatic heterocycles. The van der Waals surface area contributed by atoms with Gasteiger partial charge in [0.2, 0.25) is 0 Å². The standard InChI is InChI=1S/C19H21NO/c1-20(18-9-3-2-4-10-18)19(21)17-13-11-16(12-14-17)15-7-5-6-8-15/h2-4,9-15H,5-8H2,1H3. The first-order valence-corrected chi connectivity index (χ1v) is 7.69. The Bertz CT molecular complexity index is 597. The lowest BCUT2D eigenvalue weighted by Crippen LogP contribution is -2.26. The van der Waals surface area contributed by atoms with Crippen LogP contribution in [0.25, 0.3) is 0 Å². The van der Waals surface area contributed by atoms with E-state index < -0.39 is 0 Å². The van der Waals surface area contributed by atoms with E-state index in [1.807, 2.05) is 49.5 Å². The first kappa shape index (κ1) is 13.9. The molecule has 0 N–H and O–H groups in total.